The Hall–Kier alpha value is -0.990. The maximum absolute atomic E-state index is 12.2. The molecule has 7 nitrogen and oxygen atoms in total. The normalized spacial score (nSPS) is 23.8. The summed E-state index contributed by atoms with van der Waals surface area (Å²) in [6.07, 6.45) is 0.0177. The number of carboxylic acid groups (broad SMARTS) is 1. The van der Waals surface area contributed by atoms with E-state index in [1.165, 1.54) is 0 Å². The summed E-state index contributed by atoms with van der Waals surface area (Å²) in [6, 6.07) is -0.348. The zero-order valence-electron chi connectivity index (χ0n) is 12.1. The first-order valence-corrected chi connectivity index (χ1v) is 8.46. The third-order valence-corrected chi connectivity index (χ3v) is 4.80. The molecular formula is C13H23N3O4S. The van der Waals surface area contributed by atoms with Crippen LogP contribution in [-0.4, -0.2) is 90.4 Å². The maximum atomic E-state index is 12.2. The van der Waals surface area contributed by atoms with Gasteiger partial charge in [0.15, 0.2) is 0 Å². The van der Waals surface area contributed by atoms with Crippen molar-refractivity contribution in [2.75, 3.05) is 57.4 Å². The van der Waals surface area contributed by atoms with Crippen LogP contribution in [0.25, 0.3) is 0 Å². The topological polar surface area (TPSA) is 82.1 Å². The molecule has 2 saturated heterocycles. The van der Waals surface area contributed by atoms with E-state index in [2.05, 4.69) is 10.2 Å². The van der Waals surface area contributed by atoms with Gasteiger partial charge in [0.1, 0.15) is 0 Å². The summed E-state index contributed by atoms with van der Waals surface area (Å²) < 4.78 is 5.28. The van der Waals surface area contributed by atoms with Crippen LogP contribution in [0.4, 0.5) is 4.79 Å². The van der Waals surface area contributed by atoms with E-state index in [1.807, 2.05) is 0 Å². The van der Waals surface area contributed by atoms with E-state index in [1.54, 1.807) is 16.7 Å². The molecule has 21 heavy (non-hydrogen) atoms. The number of nitrogens with one attached hydrogen (secondary N) is 1. The average molecular weight is 317 g/mol. The molecule has 0 aliphatic carbocycles. The van der Waals surface area contributed by atoms with Gasteiger partial charge in [-0.15, -0.1) is 0 Å². The Balaban J connectivity index is 1.73. The van der Waals surface area contributed by atoms with E-state index in [4.69, 9.17) is 9.84 Å². The van der Waals surface area contributed by atoms with Gasteiger partial charge in [-0.2, -0.15) is 11.8 Å². The van der Waals surface area contributed by atoms with Crippen LogP contribution in [0.2, 0.25) is 0 Å². The summed E-state index contributed by atoms with van der Waals surface area (Å²) in [7, 11) is 0. The molecule has 1 unspecified atom stereocenters. The van der Waals surface area contributed by atoms with Crippen molar-refractivity contribution in [3.05, 3.63) is 0 Å². The van der Waals surface area contributed by atoms with Gasteiger partial charge in [-0.05, 0) is 0 Å². The van der Waals surface area contributed by atoms with Crippen LogP contribution < -0.4 is 5.32 Å². The number of aliphatic carboxylic acids is 1. The Morgan fingerprint density at radius 1 is 1.29 bits per heavy atom. The quantitative estimate of drug-likeness (QED) is 0.738. The number of carbonyl (C=O) groups is 2. The highest BCUT2D eigenvalue weighted by molar-refractivity contribution is 7.99. The summed E-state index contributed by atoms with van der Waals surface area (Å²) in [5.74, 6) is 0.713. The molecule has 8 heteroatoms. The zero-order chi connectivity index (χ0) is 15.1. The summed E-state index contributed by atoms with van der Waals surface area (Å²) >= 11 is 1.71. The monoisotopic (exact) mass is 317 g/mol. The van der Waals surface area contributed by atoms with Crippen molar-refractivity contribution >= 4 is 23.8 Å². The predicted molar refractivity (Wildman–Crippen MR) is 80.7 cm³/mol. The number of morpholine rings is 1. The number of carbonyl (C=O) groups excluding carboxylic acids is 1. The lowest BCUT2D eigenvalue weighted by Gasteiger charge is -2.35. The predicted octanol–water partition coefficient (Wildman–Crippen LogP) is -0.0797. The van der Waals surface area contributed by atoms with Gasteiger partial charge in [-0.1, -0.05) is 0 Å². The van der Waals surface area contributed by atoms with Gasteiger partial charge in [0.2, 0.25) is 0 Å². The van der Waals surface area contributed by atoms with Gasteiger partial charge in [-0.3, -0.25) is 9.69 Å². The van der Waals surface area contributed by atoms with Gasteiger partial charge in [-0.25, -0.2) is 4.79 Å². The molecule has 0 saturated carbocycles. The third kappa shape index (κ3) is 5.37. The van der Waals surface area contributed by atoms with Crippen molar-refractivity contribution in [1.82, 2.24) is 15.1 Å². The van der Waals surface area contributed by atoms with Gasteiger partial charge in [0, 0.05) is 44.2 Å². The molecule has 2 rings (SSSR count). The number of hydrogen-bond acceptors (Lipinski definition) is 5. The number of thioether (sulfide) groups is 1. The largest absolute Gasteiger partial charge is 0.481 e. The molecule has 2 N–H and O–H groups in total. The van der Waals surface area contributed by atoms with Gasteiger partial charge < -0.3 is 20.1 Å². The zero-order valence-corrected chi connectivity index (χ0v) is 12.9. The van der Waals surface area contributed by atoms with E-state index >= 15 is 0 Å². The minimum Gasteiger partial charge on any atom is -0.481 e. The number of ether oxygens (including phenoxy) is 1. The molecule has 0 bridgehead atoms. The molecule has 0 aromatic heterocycles. The minimum absolute atomic E-state index is 0.0177. The first-order chi connectivity index (χ1) is 10.2. The number of amides is 2. The lowest BCUT2D eigenvalue weighted by molar-refractivity contribution is -0.137. The van der Waals surface area contributed by atoms with Gasteiger partial charge in [0.25, 0.3) is 0 Å². The number of urea groups is 1. The second-order valence-corrected chi connectivity index (χ2v) is 6.36. The Labute approximate surface area is 129 Å². The van der Waals surface area contributed by atoms with Crippen molar-refractivity contribution in [3.8, 4) is 0 Å². The summed E-state index contributed by atoms with van der Waals surface area (Å²) in [4.78, 5) is 27.0. The van der Waals surface area contributed by atoms with Crippen LogP contribution in [-0.2, 0) is 9.53 Å². The van der Waals surface area contributed by atoms with Crippen LogP contribution in [0.3, 0.4) is 0 Å². The van der Waals surface area contributed by atoms with Crippen molar-refractivity contribution in [2.45, 2.75) is 12.5 Å². The van der Waals surface area contributed by atoms with Crippen LogP contribution in [0.1, 0.15) is 6.42 Å². The summed E-state index contributed by atoms with van der Waals surface area (Å²) in [6.45, 7) is 5.31. The van der Waals surface area contributed by atoms with Crippen LogP contribution in [0.5, 0.6) is 0 Å². The van der Waals surface area contributed by atoms with Gasteiger partial charge in [0.05, 0.1) is 25.7 Å². The molecule has 0 aromatic rings. The van der Waals surface area contributed by atoms with Crippen LogP contribution >= 0.6 is 11.8 Å². The summed E-state index contributed by atoms with van der Waals surface area (Å²) in [5, 5.41) is 11.8. The highest BCUT2D eigenvalue weighted by atomic mass is 32.2. The Bertz CT molecular complexity index is 363. The molecule has 2 aliphatic heterocycles. The molecular weight excluding hydrogens is 294 g/mol. The molecule has 2 heterocycles. The van der Waals surface area contributed by atoms with Crippen molar-refractivity contribution in [2.24, 2.45) is 0 Å². The van der Waals surface area contributed by atoms with E-state index in [-0.39, 0.29) is 18.5 Å². The lowest BCUT2D eigenvalue weighted by atomic mass is 10.2. The molecule has 0 radical (unpaired) electrons. The molecule has 2 aliphatic rings. The first kappa shape index (κ1) is 16.4. The minimum atomic E-state index is -0.853. The number of carboxylic acids is 1. The van der Waals surface area contributed by atoms with E-state index < -0.39 is 5.97 Å². The average Bonchev–Trinajstić information content (AvgIpc) is 2.48. The molecule has 2 fully saturated rings. The smallest absolute Gasteiger partial charge is 0.317 e. The van der Waals surface area contributed by atoms with E-state index in [0.29, 0.717) is 18.8 Å². The Morgan fingerprint density at radius 3 is 2.76 bits per heavy atom. The fourth-order valence-electron chi connectivity index (χ4n) is 2.54. The van der Waals surface area contributed by atoms with Crippen molar-refractivity contribution in [3.63, 3.8) is 0 Å². The number of hydrogen-bond donors (Lipinski definition) is 2. The van der Waals surface area contributed by atoms with Crippen molar-refractivity contribution < 1.29 is 19.4 Å². The van der Waals surface area contributed by atoms with E-state index in [0.717, 1.165) is 38.6 Å². The molecule has 2 amide bonds. The first-order valence-electron chi connectivity index (χ1n) is 7.31. The Morgan fingerprint density at radius 2 is 2.05 bits per heavy atom. The second kappa shape index (κ2) is 8.45. The van der Waals surface area contributed by atoms with Gasteiger partial charge >= 0.3 is 12.0 Å². The molecule has 1 atom stereocenters. The number of nitrogens with zero attached hydrogens (tertiary/aromatic N) is 2. The lowest BCUT2D eigenvalue weighted by Crippen LogP contribution is -2.52. The standard InChI is InChI=1S/C13H23N3O4S/c17-12(18)9-11-10-21-8-5-16(11)13(19)14-1-2-15-3-6-20-7-4-15/h11H,1-10H2,(H,14,19)(H,17,18). The van der Waals surface area contributed by atoms with Crippen molar-refractivity contribution in [1.29, 1.82) is 0 Å². The Kier molecular flexibility index (Phi) is 6.59. The SMILES string of the molecule is O=C(O)CC1CSCCN1C(=O)NCCN1CCOCC1. The highest BCUT2D eigenvalue weighted by Gasteiger charge is 2.28. The molecule has 0 aromatic carbocycles. The van der Waals surface area contributed by atoms with Crippen LogP contribution in [0.15, 0.2) is 0 Å². The second-order valence-electron chi connectivity index (χ2n) is 5.21. The van der Waals surface area contributed by atoms with Crippen LogP contribution in [0, 0.1) is 0 Å². The van der Waals surface area contributed by atoms with E-state index in [9.17, 15) is 9.59 Å². The summed E-state index contributed by atoms with van der Waals surface area (Å²) in [5.41, 5.74) is 0. The molecule has 120 valence electrons. The fraction of sp³-hybridized carbons (Fsp3) is 0.846. The third-order valence-electron chi connectivity index (χ3n) is 3.71. The maximum Gasteiger partial charge on any atom is 0.317 e. The molecule has 0 spiro atoms. The highest BCUT2D eigenvalue weighted by Crippen LogP contribution is 2.18. The number of rotatable bonds is 5. The fourth-order valence-corrected chi connectivity index (χ4v) is 3.60.